The van der Waals surface area contributed by atoms with Gasteiger partial charge in [-0.05, 0) is 41.8 Å². The van der Waals surface area contributed by atoms with Gasteiger partial charge in [0.25, 0.3) is 0 Å². The second-order valence-electron chi connectivity index (χ2n) is 8.34. The van der Waals surface area contributed by atoms with Crippen LogP contribution in [0.15, 0.2) is 59.9 Å². The van der Waals surface area contributed by atoms with Gasteiger partial charge in [-0.3, -0.25) is 0 Å². The van der Waals surface area contributed by atoms with Crippen LogP contribution in [-0.4, -0.2) is 41.4 Å². The monoisotopic (exact) mass is 499 g/mol. The lowest BCUT2D eigenvalue weighted by Gasteiger charge is -2.28. The molecule has 2 aromatic carbocycles. The van der Waals surface area contributed by atoms with Gasteiger partial charge in [-0.15, -0.1) is 0 Å². The fourth-order valence-electron chi connectivity index (χ4n) is 4.17. The van der Waals surface area contributed by atoms with Crippen molar-refractivity contribution in [3.8, 4) is 5.88 Å². The number of halogens is 1. The summed E-state index contributed by atoms with van der Waals surface area (Å²) in [6.45, 7) is 1.91. The van der Waals surface area contributed by atoms with Crippen molar-refractivity contribution in [1.29, 1.82) is 0 Å². The molecule has 0 radical (unpaired) electrons. The molecule has 0 aliphatic carbocycles. The molecule has 34 heavy (non-hydrogen) atoms. The Morgan fingerprint density at radius 2 is 1.88 bits per heavy atom. The summed E-state index contributed by atoms with van der Waals surface area (Å²) in [6, 6.07) is 12.2. The lowest BCUT2D eigenvalue weighted by Crippen LogP contribution is -2.28. The first-order chi connectivity index (χ1) is 16.1. The number of pyridine rings is 1. The van der Waals surface area contributed by atoms with Crippen molar-refractivity contribution in [2.75, 3.05) is 13.4 Å². The molecule has 178 valence electrons. The van der Waals surface area contributed by atoms with Crippen LogP contribution in [0.2, 0.25) is 5.02 Å². The number of aliphatic hydroxyl groups is 1. The number of rotatable bonds is 7. The van der Waals surface area contributed by atoms with Gasteiger partial charge in [-0.25, -0.2) is 18.4 Å². The fraction of sp³-hybridized carbons (Fsp3) is 0.280. The third-order valence-electron chi connectivity index (χ3n) is 6.13. The van der Waals surface area contributed by atoms with Crippen molar-refractivity contribution in [2.45, 2.75) is 30.3 Å². The molecule has 2 aromatic heterocycles. The minimum Gasteiger partial charge on any atom is -0.481 e. The van der Waals surface area contributed by atoms with E-state index >= 15 is 0 Å². The second-order valence-corrected chi connectivity index (χ2v) is 10.7. The maximum Gasteiger partial charge on any atom is 0.218 e. The van der Waals surface area contributed by atoms with Crippen LogP contribution in [0.1, 0.15) is 35.7 Å². The third kappa shape index (κ3) is 4.29. The molecule has 0 unspecified atom stereocenters. The van der Waals surface area contributed by atoms with E-state index in [0.29, 0.717) is 51.5 Å². The average Bonchev–Trinajstić information content (AvgIpc) is 3.26. The lowest BCUT2D eigenvalue weighted by molar-refractivity contribution is 0.0690. The predicted molar refractivity (Wildman–Crippen MR) is 132 cm³/mol. The molecule has 0 amide bonds. The zero-order chi connectivity index (χ0) is 24.7. The van der Waals surface area contributed by atoms with E-state index in [9.17, 15) is 13.5 Å². The van der Waals surface area contributed by atoms with E-state index in [-0.39, 0.29) is 4.90 Å². The Morgan fingerprint density at radius 3 is 2.44 bits per heavy atom. The SMILES string of the molecule is CC[C@](O)(c1ccc2nc(OC)c(Cc3ccc(S(C)(=O)=O)cc3)c(Cl)c2c1)c1cncn1C. The molecule has 0 saturated carbocycles. The molecule has 4 rings (SSSR count). The molecule has 2 heterocycles. The number of ether oxygens (including phenoxy) is 1. The summed E-state index contributed by atoms with van der Waals surface area (Å²) in [5.41, 5.74) is 2.31. The van der Waals surface area contributed by atoms with Crippen molar-refractivity contribution >= 4 is 32.3 Å². The number of nitrogens with zero attached hydrogens (tertiary/aromatic N) is 3. The lowest BCUT2D eigenvalue weighted by atomic mass is 9.87. The number of fused-ring (bicyclic) bond motifs is 1. The van der Waals surface area contributed by atoms with Gasteiger partial charge in [0.2, 0.25) is 5.88 Å². The highest BCUT2D eigenvalue weighted by Gasteiger charge is 2.33. The number of imidazole rings is 1. The van der Waals surface area contributed by atoms with Gasteiger partial charge in [-0.2, -0.15) is 0 Å². The van der Waals surface area contributed by atoms with E-state index in [4.69, 9.17) is 16.3 Å². The van der Waals surface area contributed by atoms with Crippen LogP contribution in [0.3, 0.4) is 0 Å². The average molecular weight is 500 g/mol. The van der Waals surface area contributed by atoms with Gasteiger partial charge >= 0.3 is 0 Å². The molecule has 1 N–H and O–H groups in total. The Bertz CT molecular complexity index is 1470. The number of hydrogen-bond acceptors (Lipinski definition) is 6. The first-order valence-electron chi connectivity index (χ1n) is 10.7. The largest absolute Gasteiger partial charge is 0.481 e. The van der Waals surface area contributed by atoms with Crippen LogP contribution in [-0.2, 0) is 28.9 Å². The maximum absolute atomic E-state index is 11.8. The van der Waals surface area contributed by atoms with Crippen LogP contribution in [0.5, 0.6) is 5.88 Å². The van der Waals surface area contributed by atoms with Crippen LogP contribution < -0.4 is 4.74 Å². The van der Waals surface area contributed by atoms with Gasteiger partial charge in [0.05, 0.1) is 40.8 Å². The quantitative estimate of drug-likeness (QED) is 0.408. The van der Waals surface area contributed by atoms with Crippen molar-refractivity contribution in [2.24, 2.45) is 7.05 Å². The summed E-state index contributed by atoms with van der Waals surface area (Å²) in [4.78, 5) is 9.05. The molecule has 0 aliphatic rings. The summed E-state index contributed by atoms with van der Waals surface area (Å²) >= 11 is 6.89. The van der Waals surface area contributed by atoms with Gasteiger partial charge in [0.1, 0.15) is 5.60 Å². The molecule has 7 nitrogen and oxygen atoms in total. The molecule has 0 bridgehead atoms. The molecule has 1 atom stereocenters. The standard InChI is InChI=1S/C25H26ClN3O4S/c1-5-25(30,22-14-27-15-29(22)2)17-8-11-21-19(13-17)23(26)20(24(28-21)33-3)12-16-6-9-18(10-7-16)34(4,31)32/h6-11,13-15,30H,5,12H2,1-4H3/t25-/m0/s1. The first-order valence-corrected chi connectivity index (χ1v) is 13.0. The van der Waals surface area contributed by atoms with E-state index in [2.05, 4.69) is 9.97 Å². The highest BCUT2D eigenvalue weighted by atomic mass is 35.5. The summed E-state index contributed by atoms with van der Waals surface area (Å²) in [5.74, 6) is 0.398. The van der Waals surface area contributed by atoms with Crippen molar-refractivity contribution in [3.05, 3.63) is 82.4 Å². The fourth-order valence-corrected chi connectivity index (χ4v) is 5.10. The topological polar surface area (TPSA) is 94.3 Å². The van der Waals surface area contributed by atoms with E-state index in [1.807, 2.05) is 32.2 Å². The Kier molecular flexibility index (Phi) is 6.42. The molecule has 0 saturated heterocycles. The van der Waals surface area contributed by atoms with E-state index in [1.165, 1.54) is 13.4 Å². The Balaban J connectivity index is 1.82. The molecular weight excluding hydrogens is 474 g/mol. The highest BCUT2D eigenvalue weighted by Crippen LogP contribution is 2.38. The minimum absolute atomic E-state index is 0.254. The number of aromatic nitrogens is 3. The van der Waals surface area contributed by atoms with E-state index in [0.717, 1.165) is 5.56 Å². The summed E-state index contributed by atoms with van der Waals surface area (Å²) in [6.07, 6.45) is 5.34. The van der Waals surface area contributed by atoms with Crippen molar-refractivity contribution in [1.82, 2.24) is 14.5 Å². The number of sulfone groups is 1. The molecule has 4 aromatic rings. The zero-order valence-electron chi connectivity index (χ0n) is 19.4. The van der Waals surface area contributed by atoms with E-state index < -0.39 is 15.4 Å². The van der Waals surface area contributed by atoms with Gasteiger partial charge in [-0.1, -0.05) is 36.7 Å². The highest BCUT2D eigenvalue weighted by molar-refractivity contribution is 7.90. The van der Waals surface area contributed by atoms with Crippen LogP contribution in [0, 0.1) is 0 Å². The normalized spacial score (nSPS) is 13.7. The van der Waals surface area contributed by atoms with Gasteiger partial charge in [0.15, 0.2) is 9.84 Å². The maximum atomic E-state index is 11.8. The molecule has 0 fully saturated rings. The van der Waals surface area contributed by atoms with Gasteiger partial charge in [0, 0.05) is 30.7 Å². The number of methoxy groups -OCH3 is 1. The Morgan fingerprint density at radius 1 is 1.18 bits per heavy atom. The number of benzene rings is 2. The first kappa shape index (κ1) is 24.2. The van der Waals surface area contributed by atoms with Crippen molar-refractivity contribution < 1.29 is 18.3 Å². The molecule has 0 aliphatic heterocycles. The zero-order valence-corrected chi connectivity index (χ0v) is 21.0. The van der Waals surface area contributed by atoms with E-state index in [1.54, 1.807) is 41.4 Å². The van der Waals surface area contributed by atoms with Crippen LogP contribution >= 0.6 is 11.6 Å². The minimum atomic E-state index is -3.28. The second kappa shape index (κ2) is 9.02. The summed E-state index contributed by atoms with van der Waals surface area (Å²) in [5, 5.41) is 12.7. The van der Waals surface area contributed by atoms with Gasteiger partial charge < -0.3 is 14.4 Å². The molecular formula is C25H26ClN3O4S. The molecule has 9 heteroatoms. The summed E-state index contributed by atoms with van der Waals surface area (Å²) < 4.78 is 30.9. The van der Waals surface area contributed by atoms with Crippen molar-refractivity contribution in [3.63, 3.8) is 0 Å². The molecule has 0 spiro atoms. The predicted octanol–water partition coefficient (Wildman–Crippen LogP) is 4.27. The number of aryl methyl sites for hydroxylation is 1. The smallest absolute Gasteiger partial charge is 0.218 e. The van der Waals surface area contributed by atoms with Crippen LogP contribution in [0.4, 0.5) is 0 Å². The Labute approximate surface area is 203 Å². The summed E-state index contributed by atoms with van der Waals surface area (Å²) in [7, 11) is 0.101. The van der Waals surface area contributed by atoms with Crippen LogP contribution in [0.25, 0.3) is 10.9 Å². The third-order valence-corrected chi connectivity index (χ3v) is 7.69. The number of hydrogen-bond donors (Lipinski definition) is 1. The Hall–Kier alpha value is -2.94.